The number of carbonyl (C=O) groups excluding carboxylic acids is 3. The van der Waals surface area contributed by atoms with Crippen molar-refractivity contribution in [2.45, 2.75) is 57.4 Å². The molecule has 0 aliphatic carbocycles. The van der Waals surface area contributed by atoms with Gasteiger partial charge in [-0.3, -0.25) is 14.4 Å². The minimum atomic E-state index is -1.25. The summed E-state index contributed by atoms with van der Waals surface area (Å²) >= 11 is 0. The predicted octanol–water partition coefficient (Wildman–Crippen LogP) is 4.85. The minimum absolute atomic E-state index is 0.110. The Bertz CT molecular complexity index is 1550. The number of aliphatic hydroxyl groups is 1. The second-order valence-corrected chi connectivity index (χ2v) is 12.6. The first-order chi connectivity index (χ1) is 21.7. The fraction of sp³-hybridized carbons (Fsp3) is 0.417. The molecule has 0 aromatic heterocycles. The lowest BCUT2D eigenvalue weighted by atomic mass is 9.62. The highest BCUT2D eigenvalue weighted by Gasteiger charge is 2.80. The van der Waals surface area contributed by atoms with Gasteiger partial charge in [-0.15, -0.1) is 0 Å². The van der Waals surface area contributed by atoms with Crippen molar-refractivity contribution in [2.24, 2.45) is 17.8 Å². The van der Waals surface area contributed by atoms with Gasteiger partial charge in [-0.25, -0.2) is 0 Å². The van der Waals surface area contributed by atoms with Crippen LogP contribution in [0.1, 0.15) is 45.7 Å². The van der Waals surface area contributed by atoms with Crippen molar-refractivity contribution < 1.29 is 24.2 Å². The van der Waals surface area contributed by atoms with Crippen molar-refractivity contribution in [2.75, 3.05) is 35.2 Å². The van der Waals surface area contributed by atoms with Crippen molar-refractivity contribution >= 4 is 34.8 Å². The van der Waals surface area contributed by atoms with Crippen molar-refractivity contribution in [3.05, 3.63) is 90.5 Å². The van der Waals surface area contributed by atoms with Crippen LogP contribution in [0, 0.1) is 17.8 Å². The van der Waals surface area contributed by atoms with Gasteiger partial charge in [-0.2, -0.15) is 0 Å². The van der Waals surface area contributed by atoms with Gasteiger partial charge in [0.15, 0.2) is 0 Å². The highest BCUT2D eigenvalue weighted by Crippen LogP contribution is 2.66. The Morgan fingerprint density at radius 3 is 2.11 bits per heavy atom. The summed E-state index contributed by atoms with van der Waals surface area (Å²) in [5, 5.41) is 16.8. The van der Waals surface area contributed by atoms with Crippen LogP contribution >= 0.6 is 0 Å². The van der Waals surface area contributed by atoms with Gasteiger partial charge in [0.05, 0.1) is 30.1 Å². The smallest absolute Gasteiger partial charge is 0.250 e. The SMILES string of the molecule is CCN(CC)c1ccc(NC(=O)C2N([C@H](CO)c3ccccc3)C(=O)[C@@H]3[C@H](C(=O)Nc4ccccc4)[C@@]4(C)OC23CC4C)cc1. The molecule has 45 heavy (non-hydrogen) atoms. The summed E-state index contributed by atoms with van der Waals surface area (Å²) in [5.74, 6) is -2.93. The summed E-state index contributed by atoms with van der Waals surface area (Å²) in [6.07, 6.45) is 0.428. The maximum Gasteiger partial charge on any atom is 0.250 e. The maximum absolute atomic E-state index is 14.7. The number of benzene rings is 3. The number of carbonyl (C=O) groups is 3. The molecule has 2 bridgehead atoms. The van der Waals surface area contributed by atoms with E-state index in [1.165, 1.54) is 4.90 Å². The molecule has 0 saturated carbocycles. The Labute approximate surface area is 264 Å². The van der Waals surface area contributed by atoms with Crippen LogP contribution in [0.25, 0.3) is 0 Å². The lowest BCUT2D eigenvalue weighted by Gasteiger charge is -2.37. The fourth-order valence-corrected chi connectivity index (χ4v) is 8.04. The zero-order valence-electron chi connectivity index (χ0n) is 26.3. The number of rotatable bonds is 10. The van der Waals surface area contributed by atoms with Crippen molar-refractivity contribution in [1.82, 2.24) is 4.90 Å². The average Bonchev–Trinajstić information content (AvgIpc) is 3.56. The van der Waals surface area contributed by atoms with Crippen LogP contribution in [0.15, 0.2) is 84.9 Å². The molecule has 7 atom stereocenters. The number of hydrogen-bond donors (Lipinski definition) is 3. The number of ether oxygens (including phenoxy) is 1. The largest absolute Gasteiger partial charge is 0.394 e. The standard InChI is InChI=1S/C36H42N4O5/c1-5-39(6-2)27-19-17-26(18-20-27)38-33(43)31-36-21-23(3)35(4,45-36)29(32(42)37-25-15-11-8-12-16-25)30(36)34(44)40(31)28(22-41)24-13-9-7-10-14-24/h7-20,23,28-31,41H,5-6,21-22H2,1-4H3,(H,37,42)(H,38,43)/t23?,28-,29-,30+,31?,35+,36?/m1/s1. The average molecular weight is 611 g/mol. The predicted molar refractivity (Wildman–Crippen MR) is 174 cm³/mol. The Kier molecular flexibility index (Phi) is 8.18. The molecule has 0 radical (unpaired) electrons. The fourth-order valence-electron chi connectivity index (χ4n) is 8.04. The molecule has 3 aliphatic rings. The van der Waals surface area contributed by atoms with Gasteiger partial charge in [0.2, 0.25) is 17.7 Å². The number of nitrogens with zero attached hydrogens (tertiary/aromatic N) is 2. The molecular weight excluding hydrogens is 568 g/mol. The molecule has 3 aromatic carbocycles. The van der Waals surface area contributed by atoms with Crippen LogP contribution in [0.5, 0.6) is 0 Å². The molecule has 3 N–H and O–H groups in total. The van der Waals surface area contributed by atoms with Crippen molar-refractivity contribution in [3.63, 3.8) is 0 Å². The summed E-state index contributed by atoms with van der Waals surface area (Å²) in [5.41, 5.74) is 0.746. The Morgan fingerprint density at radius 1 is 0.933 bits per heavy atom. The first-order valence-electron chi connectivity index (χ1n) is 15.9. The van der Waals surface area contributed by atoms with Crippen LogP contribution in [0.2, 0.25) is 0 Å². The molecule has 3 unspecified atom stereocenters. The molecule has 3 aliphatic heterocycles. The second kappa shape index (κ2) is 11.9. The quantitative estimate of drug-likeness (QED) is 0.303. The van der Waals surface area contributed by atoms with E-state index in [0.29, 0.717) is 23.4 Å². The summed E-state index contributed by atoms with van der Waals surface area (Å²) in [6.45, 7) is 9.42. The molecule has 9 heteroatoms. The molecule has 3 amide bonds. The lowest BCUT2D eigenvalue weighted by Crippen LogP contribution is -2.54. The van der Waals surface area contributed by atoms with Gasteiger partial charge in [-0.1, -0.05) is 55.5 Å². The number of aliphatic hydroxyl groups excluding tert-OH is 1. The highest BCUT2D eigenvalue weighted by atomic mass is 16.5. The molecule has 9 nitrogen and oxygen atoms in total. The van der Waals surface area contributed by atoms with Gasteiger partial charge >= 0.3 is 0 Å². The van der Waals surface area contributed by atoms with Crippen LogP contribution in [-0.4, -0.2) is 64.7 Å². The molecule has 6 rings (SSSR count). The third-order valence-corrected chi connectivity index (χ3v) is 10.3. The molecule has 3 saturated heterocycles. The molecule has 3 fully saturated rings. The minimum Gasteiger partial charge on any atom is -0.394 e. The van der Waals surface area contributed by atoms with E-state index < -0.39 is 47.6 Å². The molecular formula is C36H42N4O5. The molecule has 236 valence electrons. The van der Waals surface area contributed by atoms with Crippen LogP contribution in [0.3, 0.4) is 0 Å². The number of likely N-dealkylation sites (tertiary alicyclic amines) is 1. The zero-order chi connectivity index (χ0) is 31.9. The number of para-hydroxylation sites is 1. The monoisotopic (exact) mass is 610 g/mol. The van der Waals surface area contributed by atoms with Gasteiger partial charge in [-0.05, 0) is 75.1 Å². The van der Waals surface area contributed by atoms with Crippen LogP contribution in [-0.2, 0) is 19.1 Å². The van der Waals surface area contributed by atoms with Crippen molar-refractivity contribution in [3.8, 4) is 0 Å². The first kappa shape index (κ1) is 30.8. The molecule has 3 heterocycles. The lowest BCUT2D eigenvalue weighted by molar-refractivity contribution is -0.148. The Hall–Kier alpha value is -4.21. The van der Waals surface area contributed by atoms with Crippen molar-refractivity contribution in [1.29, 1.82) is 0 Å². The van der Waals surface area contributed by atoms with Crippen LogP contribution in [0.4, 0.5) is 17.1 Å². The van der Waals surface area contributed by atoms with E-state index >= 15 is 0 Å². The first-order valence-corrected chi connectivity index (χ1v) is 15.9. The highest BCUT2D eigenvalue weighted by molar-refractivity contribution is 6.05. The third kappa shape index (κ3) is 4.98. The number of fused-ring (bicyclic) bond motifs is 1. The summed E-state index contributed by atoms with van der Waals surface area (Å²) in [7, 11) is 0. The van der Waals surface area contributed by atoms with Crippen LogP contribution < -0.4 is 15.5 Å². The summed E-state index contributed by atoms with van der Waals surface area (Å²) in [4.78, 5) is 46.9. The number of anilines is 3. The maximum atomic E-state index is 14.7. The van der Waals surface area contributed by atoms with E-state index in [9.17, 15) is 19.5 Å². The van der Waals surface area contributed by atoms with Gasteiger partial charge in [0.1, 0.15) is 11.6 Å². The number of amides is 3. The van der Waals surface area contributed by atoms with E-state index in [4.69, 9.17) is 4.74 Å². The normalized spacial score (nSPS) is 28.9. The number of nitrogens with one attached hydrogen (secondary N) is 2. The van der Waals surface area contributed by atoms with Gasteiger partial charge in [0.25, 0.3) is 0 Å². The van der Waals surface area contributed by atoms with E-state index in [0.717, 1.165) is 18.8 Å². The third-order valence-electron chi connectivity index (χ3n) is 10.3. The van der Waals surface area contributed by atoms with Gasteiger partial charge < -0.3 is 30.3 Å². The molecule has 3 aromatic rings. The Morgan fingerprint density at radius 2 is 1.51 bits per heavy atom. The second-order valence-electron chi connectivity index (χ2n) is 12.6. The van der Waals surface area contributed by atoms with E-state index in [-0.39, 0.29) is 17.7 Å². The summed E-state index contributed by atoms with van der Waals surface area (Å²) < 4.78 is 6.86. The van der Waals surface area contributed by atoms with E-state index in [1.54, 1.807) is 12.1 Å². The molecule has 1 spiro atoms. The van der Waals surface area contributed by atoms with E-state index in [2.05, 4.69) is 29.4 Å². The Balaban J connectivity index is 1.40. The van der Waals surface area contributed by atoms with Gasteiger partial charge in [0, 0.05) is 30.2 Å². The topological polar surface area (TPSA) is 111 Å². The van der Waals surface area contributed by atoms with E-state index in [1.807, 2.05) is 86.6 Å². The summed E-state index contributed by atoms with van der Waals surface area (Å²) in [6, 6.07) is 24.1. The zero-order valence-corrected chi connectivity index (χ0v) is 26.3. The number of hydrogen-bond acceptors (Lipinski definition) is 6.